The molecule has 1 aliphatic heterocycles. The number of halogens is 2. The van der Waals surface area contributed by atoms with E-state index in [1.165, 1.54) is 19.1 Å². The van der Waals surface area contributed by atoms with Crippen molar-refractivity contribution in [2.45, 2.75) is 13.3 Å². The van der Waals surface area contributed by atoms with Gasteiger partial charge >= 0.3 is 0 Å². The summed E-state index contributed by atoms with van der Waals surface area (Å²) in [6.07, 6.45) is -2.65. The third-order valence-electron chi connectivity index (χ3n) is 2.45. The quantitative estimate of drug-likeness (QED) is 0.745. The molecule has 5 heteroatoms. The van der Waals surface area contributed by atoms with Gasteiger partial charge in [0.05, 0.1) is 5.92 Å². The van der Waals surface area contributed by atoms with Crippen molar-refractivity contribution in [1.29, 1.82) is 0 Å². The number of fused-ring (bicyclic) bond motifs is 1. The van der Waals surface area contributed by atoms with Crippen LogP contribution in [0.4, 0.5) is 8.78 Å². The number of benzene rings is 1. The minimum atomic E-state index is -2.65. The van der Waals surface area contributed by atoms with Gasteiger partial charge in [0.25, 0.3) is 0 Å². The molecule has 0 radical (unpaired) electrons. The minimum absolute atomic E-state index is 0.0946. The van der Waals surface area contributed by atoms with E-state index < -0.39 is 18.1 Å². The highest BCUT2D eigenvalue weighted by Crippen LogP contribution is 2.33. The van der Waals surface area contributed by atoms with Crippen LogP contribution in [0.3, 0.4) is 0 Å². The third-order valence-corrected chi connectivity index (χ3v) is 2.45. The number of rotatable bonds is 3. The van der Waals surface area contributed by atoms with E-state index in [1.54, 1.807) is 6.07 Å². The van der Waals surface area contributed by atoms with Gasteiger partial charge < -0.3 is 9.47 Å². The van der Waals surface area contributed by atoms with Crippen molar-refractivity contribution >= 4 is 5.78 Å². The lowest BCUT2D eigenvalue weighted by Gasteiger charge is -2.09. The van der Waals surface area contributed by atoms with Crippen LogP contribution in [0.2, 0.25) is 0 Å². The van der Waals surface area contributed by atoms with Gasteiger partial charge in [-0.3, -0.25) is 4.79 Å². The third kappa shape index (κ3) is 1.85. The molecule has 0 bridgehead atoms. The Morgan fingerprint density at radius 1 is 1.31 bits per heavy atom. The van der Waals surface area contributed by atoms with E-state index in [4.69, 9.17) is 9.47 Å². The maximum Gasteiger partial charge on any atom is 0.248 e. The Hall–Kier alpha value is -1.65. The van der Waals surface area contributed by atoms with Gasteiger partial charge in [-0.15, -0.1) is 0 Å². The predicted molar refractivity (Wildman–Crippen MR) is 52.1 cm³/mol. The first-order valence-electron chi connectivity index (χ1n) is 4.81. The molecule has 3 nitrogen and oxygen atoms in total. The molecule has 0 fully saturated rings. The molecule has 1 aliphatic rings. The first-order valence-corrected chi connectivity index (χ1v) is 4.81. The van der Waals surface area contributed by atoms with Gasteiger partial charge in [-0.2, -0.15) is 0 Å². The van der Waals surface area contributed by atoms with Crippen LogP contribution >= 0.6 is 0 Å². The van der Waals surface area contributed by atoms with Crippen molar-refractivity contribution in [3.05, 3.63) is 23.8 Å². The molecule has 0 saturated carbocycles. The Morgan fingerprint density at radius 2 is 2.00 bits per heavy atom. The molecular formula is C11H10F2O3. The van der Waals surface area contributed by atoms with Crippen LogP contribution in [0.1, 0.15) is 17.3 Å². The van der Waals surface area contributed by atoms with Gasteiger partial charge in [-0.1, -0.05) is 0 Å². The molecule has 2 rings (SSSR count). The van der Waals surface area contributed by atoms with E-state index >= 15 is 0 Å². The first kappa shape index (κ1) is 10.9. The molecule has 1 aromatic carbocycles. The van der Waals surface area contributed by atoms with E-state index in [-0.39, 0.29) is 12.4 Å². The molecule has 0 aliphatic carbocycles. The number of carbonyl (C=O) groups excluding carboxylic acids is 1. The Morgan fingerprint density at radius 3 is 2.69 bits per heavy atom. The van der Waals surface area contributed by atoms with Crippen LogP contribution in [0, 0.1) is 5.92 Å². The second-order valence-electron chi connectivity index (χ2n) is 3.56. The van der Waals surface area contributed by atoms with Crippen molar-refractivity contribution in [1.82, 2.24) is 0 Å². The van der Waals surface area contributed by atoms with Crippen LogP contribution < -0.4 is 9.47 Å². The number of hydrogen-bond donors (Lipinski definition) is 0. The fourth-order valence-corrected chi connectivity index (χ4v) is 1.43. The van der Waals surface area contributed by atoms with E-state index in [9.17, 15) is 13.6 Å². The number of ether oxygens (including phenoxy) is 2. The molecule has 0 N–H and O–H groups in total. The van der Waals surface area contributed by atoms with Crippen LogP contribution in [0.15, 0.2) is 18.2 Å². The summed E-state index contributed by atoms with van der Waals surface area (Å²) < 4.78 is 34.9. The summed E-state index contributed by atoms with van der Waals surface area (Å²) in [6, 6.07) is 4.45. The number of ketones is 1. The maximum atomic E-state index is 12.4. The second-order valence-corrected chi connectivity index (χ2v) is 3.56. The minimum Gasteiger partial charge on any atom is -0.454 e. The van der Waals surface area contributed by atoms with Crippen molar-refractivity contribution in [3.63, 3.8) is 0 Å². The van der Waals surface area contributed by atoms with Crippen LogP contribution in [0.5, 0.6) is 11.5 Å². The van der Waals surface area contributed by atoms with Crippen LogP contribution in [-0.4, -0.2) is 19.0 Å². The summed E-state index contributed by atoms with van der Waals surface area (Å²) in [5, 5.41) is 0. The van der Waals surface area contributed by atoms with Crippen molar-refractivity contribution in [2.75, 3.05) is 6.79 Å². The van der Waals surface area contributed by atoms with E-state index in [2.05, 4.69) is 0 Å². The first-order chi connectivity index (χ1) is 7.59. The summed E-state index contributed by atoms with van der Waals surface area (Å²) >= 11 is 0. The molecule has 0 spiro atoms. The monoisotopic (exact) mass is 228 g/mol. The molecular weight excluding hydrogens is 218 g/mol. The molecule has 86 valence electrons. The van der Waals surface area contributed by atoms with E-state index in [0.717, 1.165) is 0 Å². The summed E-state index contributed by atoms with van der Waals surface area (Å²) in [5.74, 6) is -0.942. The zero-order valence-corrected chi connectivity index (χ0v) is 8.57. The molecule has 0 amide bonds. The number of Topliss-reactive ketones (excluding diaryl/α,β-unsaturated/α-hetero) is 1. The highest BCUT2D eigenvalue weighted by molar-refractivity contribution is 5.98. The summed E-state index contributed by atoms with van der Waals surface area (Å²) in [7, 11) is 0. The molecule has 0 saturated heterocycles. The lowest BCUT2D eigenvalue weighted by molar-refractivity contribution is 0.0608. The number of alkyl halides is 2. The molecule has 1 heterocycles. The molecule has 1 atom stereocenters. The fraction of sp³-hybridized carbons (Fsp3) is 0.364. The SMILES string of the molecule is CC(C(=O)c1ccc2c(c1)OCO2)C(F)F. The average Bonchev–Trinajstić information content (AvgIpc) is 2.73. The average molecular weight is 228 g/mol. The van der Waals surface area contributed by atoms with Gasteiger partial charge in [0.15, 0.2) is 17.3 Å². The Bertz CT molecular complexity index is 418. The van der Waals surface area contributed by atoms with Crippen molar-refractivity contribution < 1.29 is 23.0 Å². The van der Waals surface area contributed by atoms with Gasteiger partial charge in [0.1, 0.15) is 0 Å². The zero-order valence-electron chi connectivity index (χ0n) is 8.57. The Labute approximate surface area is 91.0 Å². The highest BCUT2D eigenvalue weighted by atomic mass is 19.3. The lowest BCUT2D eigenvalue weighted by atomic mass is 9.99. The fourth-order valence-electron chi connectivity index (χ4n) is 1.43. The smallest absolute Gasteiger partial charge is 0.248 e. The maximum absolute atomic E-state index is 12.4. The standard InChI is InChI=1S/C11H10F2O3/c1-6(11(12)13)10(14)7-2-3-8-9(4-7)16-5-15-8/h2-4,6,11H,5H2,1H3. The molecule has 1 unspecified atom stereocenters. The van der Waals surface area contributed by atoms with Crippen LogP contribution in [-0.2, 0) is 0 Å². The lowest BCUT2D eigenvalue weighted by Crippen LogP contribution is -2.18. The Kier molecular flexibility index (Phi) is 2.77. The van der Waals surface area contributed by atoms with Crippen LogP contribution in [0.25, 0.3) is 0 Å². The summed E-state index contributed by atoms with van der Waals surface area (Å²) in [5.41, 5.74) is 0.219. The number of carbonyl (C=O) groups is 1. The van der Waals surface area contributed by atoms with Crippen molar-refractivity contribution in [2.24, 2.45) is 5.92 Å². The number of hydrogen-bond acceptors (Lipinski definition) is 3. The molecule has 1 aromatic rings. The summed E-state index contributed by atoms with van der Waals surface area (Å²) in [6.45, 7) is 1.30. The Balaban J connectivity index is 2.25. The molecule has 16 heavy (non-hydrogen) atoms. The largest absolute Gasteiger partial charge is 0.454 e. The van der Waals surface area contributed by atoms with Gasteiger partial charge in [0.2, 0.25) is 13.2 Å². The summed E-state index contributed by atoms with van der Waals surface area (Å²) in [4.78, 5) is 11.6. The van der Waals surface area contributed by atoms with Gasteiger partial charge in [0, 0.05) is 5.56 Å². The van der Waals surface area contributed by atoms with Gasteiger partial charge in [-0.25, -0.2) is 8.78 Å². The zero-order chi connectivity index (χ0) is 11.7. The second kappa shape index (κ2) is 4.08. The normalized spacial score (nSPS) is 15.2. The highest BCUT2D eigenvalue weighted by Gasteiger charge is 2.25. The predicted octanol–water partition coefficient (Wildman–Crippen LogP) is 2.50. The molecule has 0 aromatic heterocycles. The topological polar surface area (TPSA) is 35.5 Å². The van der Waals surface area contributed by atoms with E-state index in [0.29, 0.717) is 11.5 Å². The van der Waals surface area contributed by atoms with Gasteiger partial charge in [-0.05, 0) is 25.1 Å². The van der Waals surface area contributed by atoms with Crippen molar-refractivity contribution in [3.8, 4) is 11.5 Å². The van der Waals surface area contributed by atoms with E-state index in [1.807, 2.05) is 0 Å².